The Bertz CT molecular complexity index is 888. The van der Waals surface area contributed by atoms with Crippen LogP contribution in [0.2, 0.25) is 0 Å². The molecule has 1 aromatic carbocycles. The van der Waals surface area contributed by atoms with Gasteiger partial charge >= 0.3 is 7.82 Å². The number of anilines is 1. The van der Waals surface area contributed by atoms with Crippen LogP contribution in [0.15, 0.2) is 29.4 Å². The molecule has 13 heteroatoms. The van der Waals surface area contributed by atoms with Gasteiger partial charge in [0.2, 0.25) is 11.8 Å². The number of phosphoric acid groups is 1. The summed E-state index contributed by atoms with van der Waals surface area (Å²) >= 11 is 0. The number of benzene rings is 1. The van der Waals surface area contributed by atoms with Gasteiger partial charge in [-0.3, -0.25) is 14.1 Å². The van der Waals surface area contributed by atoms with Crippen molar-refractivity contribution in [2.45, 2.75) is 77.2 Å². The number of rotatable bonds is 21. The summed E-state index contributed by atoms with van der Waals surface area (Å²) in [5.74, 6) is -1.25. The minimum absolute atomic E-state index is 0.0147. The molecule has 1 aromatic rings. The van der Waals surface area contributed by atoms with E-state index in [1.807, 2.05) is 12.1 Å². The van der Waals surface area contributed by atoms with E-state index in [1.54, 1.807) is 12.1 Å². The predicted octanol–water partition coefficient (Wildman–Crippen LogP) is 4.62. The number of hydrogen-bond acceptors (Lipinski definition) is 6. The molecule has 4 N–H and O–H groups in total. The molecular weight excluding hydrogens is 501 g/mol. The Balaban J connectivity index is 2.51. The van der Waals surface area contributed by atoms with Crippen LogP contribution >= 0.6 is 7.82 Å². The number of hydrogen-bond donors (Lipinski definition) is 4. The van der Waals surface area contributed by atoms with Crippen molar-refractivity contribution in [3.05, 3.63) is 40.3 Å². The van der Waals surface area contributed by atoms with E-state index in [1.165, 1.54) is 44.9 Å². The fourth-order valence-corrected chi connectivity index (χ4v) is 3.83. The Morgan fingerprint density at radius 3 is 2.32 bits per heavy atom. The normalized spacial score (nSPS) is 12.0. The van der Waals surface area contributed by atoms with Crippen molar-refractivity contribution in [3.8, 4) is 0 Å². The van der Waals surface area contributed by atoms with E-state index in [-0.39, 0.29) is 26.2 Å². The van der Waals surface area contributed by atoms with Crippen molar-refractivity contribution < 1.29 is 33.2 Å². The second-order valence-electron chi connectivity index (χ2n) is 8.63. The van der Waals surface area contributed by atoms with Gasteiger partial charge in [0.15, 0.2) is 0 Å². The van der Waals surface area contributed by atoms with Gasteiger partial charge < -0.3 is 25.2 Å². The van der Waals surface area contributed by atoms with E-state index < -0.39 is 32.3 Å². The van der Waals surface area contributed by atoms with Crippen LogP contribution in [0.3, 0.4) is 0 Å². The smallest absolute Gasteiger partial charge is 0.381 e. The van der Waals surface area contributed by atoms with Crippen LogP contribution in [-0.2, 0) is 29.8 Å². The number of ether oxygens (including phenoxy) is 1. The van der Waals surface area contributed by atoms with Crippen LogP contribution < -0.4 is 10.6 Å². The first-order valence-electron chi connectivity index (χ1n) is 12.7. The molecule has 208 valence electrons. The molecule has 0 radical (unpaired) electrons. The van der Waals surface area contributed by atoms with Crippen molar-refractivity contribution in [3.63, 3.8) is 0 Å². The van der Waals surface area contributed by atoms with E-state index in [4.69, 9.17) is 20.1 Å². The highest BCUT2D eigenvalue weighted by molar-refractivity contribution is 7.46. The quantitative estimate of drug-likeness (QED) is 0.0575. The Kier molecular flexibility index (Phi) is 17.3. The summed E-state index contributed by atoms with van der Waals surface area (Å²) < 4.78 is 20.7. The van der Waals surface area contributed by atoms with Crippen LogP contribution in [-0.4, -0.2) is 54.0 Å². The van der Waals surface area contributed by atoms with Crippen molar-refractivity contribution >= 4 is 25.3 Å². The number of amides is 2. The molecule has 2 amide bonds. The lowest BCUT2D eigenvalue weighted by Crippen LogP contribution is -2.46. The predicted molar refractivity (Wildman–Crippen MR) is 141 cm³/mol. The van der Waals surface area contributed by atoms with Crippen LogP contribution in [0.4, 0.5) is 5.69 Å². The van der Waals surface area contributed by atoms with Gasteiger partial charge in [0.25, 0.3) is 0 Å². The van der Waals surface area contributed by atoms with E-state index in [9.17, 15) is 14.2 Å². The lowest BCUT2D eigenvalue weighted by molar-refractivity contribution is -0.128. The summed E-state index contributed by atoms with van der Waals surface area (Å²) in [6, 6.07) is 6.01. The third-order valence-corrected chi connectivity index (χ3v) is 5.96. The number of nitrogens with one attached hydrogen (secondary N) is 2. The van der Waals surface area contributed by atoms with Crippen molar-refractivity contribution in [2.75, 3.05) is 31.7 Å². The van der Waals surface area contributed by atoms with Gasteiger partial charge in [-0.05, 0) is 36.1 Å². The molecule has 0 aliphatic carbocycles. The molecule has 37 heavy (non-hydrogen) atoms. The summed E-state index contributed by atoms with van der Waals surface area (Å²) in [7, 11) is -4.85. The fraction of sp³-hybridized carbons (Fsp3) is 0.667. The average molecular weight is 542 g/mol. The summed E-state index contributed by atoms with van der Waals surface area (Å²) in [6.07, 6.45) is 10.8. The standard InChI is InChI=1S/C24H40N5O7P/c1-2-3-4-5-6-7-8-9-10-20-11-13-21(14-12-20)27-24(31)22(19-36-37(32,33)34)28-23(30)15-17-35-18-16-26-29-25/h11-14,22H,2-10,15-19H2,1H3,(H,27,31)(H,28,30)(H2,32,33,34). The summed E-state index contributed by atoms with van der Waals surface area (Å²) in [6.45, 7) is 1.77. The summed E-state index contributed by atoms with van der Waals surface area (Å²) in [5, 5.41) is 8.33. The SMILES string of the molecule is CCCCCCCCCCc1ccc(NC(=O)C(COP(=O)(O)O)NC(=O)CCOCCN=[N+]=[N-])cc1. The van der Waals surface area contributed by atoms with Gasteiger partial charge in [-0.15, -0.1) is 0 Å². The average Bonchev–Trinajstić information content (AvgIpc) is 2.86. The number of aryl methyl sites for hydroxylation is 1. The molecule has 0 spiro atoms. The molecule has 0 aromatic heterocycles. The van der Waals surface area contributed by atoms with Crippen LogP contribution in [0, 0.1) is 0 Å². The monoisotopic (exact) mass is 541 g/mol. The zero-order valence-electron chi connectivity index (χ0n) is 21.5. The topological polar surface area (TPSA) is 183 Å². The first kappa shape index (κ1) is 32.6. The number of azide groups is 1. The molecular formula is C24H40N5O7P. The number of carbonyl (C=O) groups excluding carboxylic acids is 2. The third kappa shape index (κ3) is 17.6. The van der Waals surface area contributed by atoms with Gasteiger partial charge in [0.1, 0.15) is 6.04 Å². The fourth-order valence-electron chi connectivity index (χ4n) is 3.49. The number of carbonyl (C=O) groups is 2. The highest BCUT2D eigenvalue weighted by Crippen LogP contribution is 2.35. The van der Waals surface area contributed by atoms with Gasteiger partial charge in [-0.1, -0.05) is 69.1 Å². The number of phosphoric ester groups is 1. The van der Waals surface area contributed by atoms with E-state index in [0.717, 1.165) is 18.4 Å². The Morgan fingerprint density at radius 1 is 1.05 bits per heavy atom. The molecule has 0 bridgehead atoms. The highest BCUT2D eigenvalue weighted by atomic mass is 31.2. The highest BCUT2D eigenvalue weighted by Gasteiger charge is 2.25. The Labute approximate surface area is 218 Å². The van der Waals surface area contributed by atoms with Gasteiger partial charge in [0, 0.05) is 23.6 Å². The van der Waals surface area contributed by atoms with Gasteiger partial charge in [-0.25, -0.2) is 4.57 Å². The summed E-state index contributed by atoms with van der Waals surface area (Å²) in [4.78, 5) is 45.4. The lowest BCUT2D eigenvalue weighted by atomic mass is 10.0. The Hall–Kier alpha value is -2.46. The summed E-state index contributed by atoms with van der Waals surface area (Å²) in [5.41, 5.74) is 9.84. The lowest BCUT2D eigenvalue weighted by Gasteiger charge is -2.19. The van der Waals surface area contributed by atoms with Gasteiger partial charge in [0.05, 0.1) is 19.8 Å². The molecule has 0 aliphatic heterocycles. The zero-order chi connectivity index (χ0) is 27.4. The second kappa shape index (κ2) is 19.6. The molecule has 0 fully saturated rings. The third-order valence-electron chi connectivity index (χ3n) is 5.47. The molecule has 0 aliphatic rings. The molecule has 1 unspecified atom stereocenters. The van der Waals surface area contributed by atoms with E-state index in [2.05, 4.69) is 32.1 Å². The molecule has 1 rings (SSSR count). The van der Waals surface area contributed by atoms with Crippen molar-refractivity contribution in [1.82, 2.24) is 5.32 Å². The van der Waals surface area contributed by atoms with Crippen molar-refractivity contribution in [1.29, 1.82) is 0 Å². The molecule has 12 nitrogen and oxygen atoms in total. The van der Waals surface area contributed by atoms with E-state index in [0.29, 0.717) is 5.69 Å². The minimum Gasteiger partial charge on any atom is -0.381 e. The molecule has 0 saturated carbocycles. The zero-order valence-corrected chi connectivity index (χ0v) is 22.4. The molecule has 1 atom stereocenters. The number of nitrogens with zero attached hydrogens (tertiary/aromatic N) is 3. The maximum Gasteiger partial charge on any atom is 0.469 e. The first-order chi connectivity index (χ1) is 17.7. The van der Waals surface area contributed by atoms with Crippen molar-refractivity contribution in [2.24, 2.45) is 5.11 Å². The first-order valence-corrected chi connectivity index (χ1v) is 14.3. The van der Waals surface area contributed by atoms with Crippen LogP contribution in [0.25, 0.3) is 10.4 Å². The second-order valence-corrected chi connectivity index (χ2v) is 9.87. The maximum atomic E-state index is 12.7. The van der Waals surface area contributed by atoms with E-state index >= 15 is 0 Å². The Morgan fingerprint density at radius 2 is 1.70 bits per heavy atom. The molecule has 0 heterocycles. The van der Waals surface area contributed by atoms with Crippen LogP contribution in [0.1, 0.15) is 70.3 Å². The maximum absolute atomic E-state index is 12.7. The largest absolute Gasteiger partial charge is 0.469 e. The minimum atomic E-state index is -4.85. The van der Waals surface area contributed by atoms with Gasteiger partial charge in [-0.2, -0.15) is 0 Å². The molecule has 0 saturated heterocycles. The number of unbranched alkanes of at least 4 members (excludes halogenated alkanes) is 7. The van der Waals surface area contributed by atoms with Crippen LogP contribution in [0.5, 0.6) is 0 Å².